The van der Waals surface area contributed by atoms with E-state index in [1.165, 1.54) is 10.7 Å². The fourth-order valence-corrected chi connectivity index (χ4v) is 2.64. The Labute approximate surface area is 127 Å². The van der Waals surface area contributed by atoms with Gasteiger partial charge in [-0.2, -0.15) is 0 Å². The largest absolute Gasteiger partial charge is 0.478 e. The van der Waals surface area contributed by atoms with Gasteiger partial charge in [0.1, 0.15) is 17.0 Å². The monoisotopic (exact) mass is 325 g/mol. The molecule has 1 heterocycles. The van der Waals surface area contributed by atoms with Gasteiger partial charge >= 0.3 is 5.97 Å². The summed E-state index contributed by atoms with van der Waals surface area (Å²) < 4.78 is 14.5. The predicted octanol–water partition coefficient (Wildman–Crippen LogP) is 3.56. The molecule has 0 aliphatic heterocycles. The molecule has 0 atom stereocenters. The van der Waals surface area contributed by atoms with Crippen LogP contribution >= 0.6 is 23.2 Å². The molecule has 0 amide bonds. The van der Waals surface area contributed by atoms with E-state index in [0.717, 1.165) is 12.1 Å². The van der Waals surface area contributed by atoms with Crippen LogP contribution in [0.3, 0.4) is 0 Å². The summed E-state index contributed by atoms with van der Waals surface area (Å²) in [6.07, 6.45) is 0. The molecule has 2 aromatic carbocycles. The van der Waals surface area contributed by atoms with Crippen molar-refractivity contribution in [3.63, 3.8) is 0 Å². The lowest BCUT2D eigenvalue weighted by Gasteiger charge is -2.07. The van der Waals surface area contributed by atoms with Crippen LogP contribution < -0.4 is 0 Å². The molecule has 1 aromatic heterocycles. The predicted molar refractivity (Wildman–Crippen MR) is 75.8 cm³/mol. The quantitative estimate of drug-likeness (QED) is 0.782. The van der Waals surface area contributed by atoms with E-state index in [4.69, 9.17) is 28.3 Å². The number of nitrogens with zero attached hydrogens (tertiary/aromatic N) is 3. The molecule has 0 saturated carbocycles. The van der Waals surface area contributed by atoms with Gasteiger partial charge in [0.05, 0.1) is 21.1 Å². The number of aromatic nitrogens is 3. The minimum atomic E-state index is -1.12. The zero-order valence-electron chi connectivity index (χ0n) is 10.2. The van der Waals surface area contributed by atoms with E-state index in [1.54, 1.807) is 12.1 Å². The first-order valence-electron chi connectivity index (χ1n) is 5.71. The molecule has 0 radical (unpaired) electrons. The van der Waals surface area contributed by atoms with Gasteiger partial charge in [0.25, 0.3) is 0 Å². The number of halogens is 3. The lowest BCUT2D eigenvalue weighted by atomic mass is 10.2. The SMILES string of the molecule is O=C(O)c1cccc2c1nnn2-c1c(Cl)cc(F)cc1Cl. The molecule has 0 bridgehead atoms. The molecule has 8 heteroatoms. The van der Waals surface area contributed by atoms with Crippen molar-refractivity contribution in [3.05, 3.63) is 51.8 Å². The lowest BCUT2D eigenvalue weighted by molar-refractivity contribution is 0.0699. The lowest BCUT2D eigenvalue weighted by Crippen LogP contribution is -2.00. The van der Waals surface area contributed by atoms with Gasteiger partial charge in [-0.25, -0.2) is 13.9 Å². The maximum atomic E-state index is 13.2. The van der Waals surface area contributed by atoms with Crippen LogP contribution in [0.5, 0.6) is 0 Å². The molecule has 1 N–H and O–H groups in total. The van der Waals surface area contributed by atoms with Crippen LogP contribution in [-0.4, -0.2) is 26.1 Å². The number of carbonyl (C=O) groups is 1. The molecule has 106 valence electrons. The van der Waals surface area contributed by atoms with Crippen molar-refractivity contribution in [2.24, 2.45) is 0 Å². The molecule has 0 saturated heterocycles. The van der Waals surface area contributed by atoms with Gasteiger partial charge < -0.3 is 5.11 Å². The van der Waals surface area contributed by atoms with E-state index in [2.05, 4.69) is 10.3 Å². The number of carboxylic acid groups (broad SMARTS) is 1. The van der Waals surface area contributed by atoms with Crippen LogP contribution in [0.15, 0.2) is 30.3 Å². The molecular weight excluding hydrogens is 320 g/mol. The summed E-state index contributed by atoms with van der Waals surface area (Å²) in [5.74, 6) is -1.70. The molecule has 0 aliphatic carbocycles. The highest BCUT2D eigenvalue weighted by Crippen LogP contribution is 2.31. The number of fused-ring (bicyclic) bond motifs is 1. The normalized spacial score (nSPS) is 11.0. The van der Waals surface area contributed by atoms with Gasteiger partial charge in [-0.05, 0) is 24.3 Å². The Kier molecular flexibility index (Phi) is 3.27. The minimum Gasteiger partial charge on any atom is -0.478 e. The van der Waals surface area contributed by atoms with Crippen LogP contribution in [0.2, 0.25) is 10.0 Å². The first-order chi connectivity index (χ1) is 9.99. The topological polar surface area (TPSA) is 68.0 Å². The average Bonchev–Trinajstić information content (AvgIpc) is 2.81. The Balaban J connectivity index is 2.33. The van der Waals surface area contributed by atoms with Crippen molar-refractivity contribution in [1.82, 2.24) is 15.0 Å². The van der Waals surface area contributed by atoms with Crippen molar-refractivity contribution in [2.75, 3.05) is 0 Å². The van der Waals surface area contributed by atoms with Gasteiger partial charge in [-0.3, -0.25) is 0 Å². The fourth-order valence-electron chi connectivity index (χ4n) is 2.02. The van der Waals surface area contributed by atoms with Crippen LogP contribution in [0.25, 0.3) is 16.7 Å². The minimum absolute atomic E-state index is 0.00751. The third kappa shape index (κ3) is 2.22. The van der Waals surface area contributed by atoms with E-state index >= 15 is 0 Å². The molecule has 5 nitrogen and oxygen atoms in total. The van der Waals surface area contributed by atoms with Gasteiger partial charge in [-0.15, -0.1) is 5.10 Å². The summed E-state index contributed by atoms with van der Waals surface area (Å²) in [6, 6.07) is 6.78. The number of hydrogen-bond acceptors (Lipinski definition) is 3. The van der Waals surface area contributed by atoms with E-state index in [9.17, 15) is 9.18 Å². The summed E-state index contributed by atoms with van der Waals surface area (Å²) in [7, 11) is 0. The maximum Gasteiger partial charge on any atom is 0.338 e. The van der Waals surface area contributed by atoms with Gasteiger partial charge in [-0.1, -0.05) is 34.5 Å². The molecule has 3 aromatic rings. The second-order valence-corrected chi connectivity index (χ2v) is 5.01. The maximum absolute atomic E-state index is 13.2. The molecule has 0 fully saturated rings. The zero-order chi connectivity index (χ0) is 15.1. The van der Waals surface area contributed by atoms with Crippen molar-refractivity contribution in [3.8, 4) is 5.69 Å². The number of benzene rings is 2. The highest BCUT2D eigenvalue weighted by molar-refractivity contribution is 6.37. The smallest absolute Gasteiger partial charge is 0.338 e. The molecular formula is C13H6Cl2FN3O2. The Hall–Kier alpha value is -2.18. The Bertz CT molecular complexity index is 856. The van der Waals surface area contributed by atoms with Crippen LogP contribution in [0.4, 0.5) is 4.39 Å². The average molecular weight is 326 g/mol. The summed E-state index contributed by atoms with van der Waals surface area (Å²) in [5.41, 5.74) is 0.852. The number of aromatic carboxylic acids is 1. The highest BCUT2D eigenvalue weighted by atomic mass is 35.5. The third-order valence-electron chi connectivity index (χ3n) is 2.90. The van der Waals surface area contributed by atoms with Gasteiger partial charge in [0.15, 0.2) is 0 Å². The van der Waals surface area contributed by atoms with Crippen LogP contribution in [0.1, 0.15) is 10.4 Å². The van der Waals surface area contributed by atoms with Crippen molar-refractivity contribution in [2.45, 2.75) is 0 Å². The second-order valence-electron chi connectivity index (χ2n) is 4.20. The van der Waals surface area contributed by atoms with Gasteiger partial charge in [0, 0.05) is 0 Å². The first-order valence-corrected chi connectivity index (χ1v) is 6.47. The van der Waals surface area contributed by atoms with E-state index in [1.807, 2.05) is 0 Å². The Morgan fingerprint density at radius 2 is 1.90 bits per heavy atom. The first kappa shape index (κ1) is 13.8. The van der Waals surface area contributed by atoms with Crippen molar-refractivity contribution < 1.29 is 14.3 Å². The summed E-state index contributed by atoms with van der Waals surface area (Å²) in [5, 5.41) is 16.9. The number of hydrogen-bond donors (Lipinski definition) is 1. The van der Waals surface area contributed by atoms with Crippen molar-refractivity contribution in [1.29, 1.82) is 0 Å². The van der Waals surface area contributed by atoms with Crippen LogP contribution in [0, 0.1) is 5.82 Å². The summed E-state index contributed by atoms with van der Waals surface area (Å²) >= 11 is 12.0. The fraction of sp³-hybridized carbons (Fsp3) is 0. The Morgan fingerprint density at radius 1 is 1.24 bits per heavy atom. The summed E-state index contributed by atoms with van der Waals surface area (Å²) in [4.78, 5) is 11.2. The van der Waals surface area contributed by atoms with E-state index < -0.39 is 11.8 Å². The standard InChI is InChI=1S/C13H6Cl2FN3O2/c14-8-4-6(16)5-9(15)12(8)19-10-3-1-2-7(13(20)21)11(10)17-18-19/h1-5H,(H,20,21). The molecule has 0 aliphatic rings. The molecule has 0 unspecified atom stereocenters. The number of rotatable bonds is 2. The number of carboxylic acids is 1. The summed E-state index contributed by atoms with van der Waals surface area (Å²) in [6.45, 7) is 0. The Morgan fingerprint density at radius 3 is 2.52 bits per heavy atom. The van der Waals surface area contributed by atoms with E-state index in [-0.39, 0.29) is 26.8 Å². The molecule has 3 rings (SSSR count). The van der Waals surface area contributed by atoms with E-state index in [0.29, 0.717) is 5.52 Å². The van der Waals surface area contributed by atoms with Crippen LogP contribution in [-0.2, 0) is 0 Å². The second kappa shape index (κ2) is 4.98. The zero-order valence-corrected chi connectivity index (χ0v) is 11.7. The van der Waals surface area contributed by atoms with Crippen molar-refractivity contribution >= 4 is 40.2 Å². The molecule has 21 heavy (non-hydrogen) atoms. The third-order valence-corrected chi connectivity index (χ3v) is 3.48. The highest BCUT2D eigenvalue weighted by Gasteiger charge is 2.18. The molecule has 0 spiro atoms. The van der Waals surface area contributed by atoms with Gasteiger partial charge in [0.2, 0.25) is 0 Å².